The van der Waals surface area contributed by atoms with Crippen LogP contribution in [0.5, 0.6) is 11.5 Å². The van der Waals surface area contributed by atoms with Crippen molar-refractivity contribution < 1.29 is 32.2 Å². The summed E-state index contributed by atoms with van der Waals surface area (Å²) in [7, 11) is 0. The average Bonchev–Trinajstić information content (AvgIpc) is 3.62. The van der Waals surface area contributed by atoms with Crippen molar-refractivity contribution in [2.24, 2.45) is 5.92 Å². The third-order valence-electron chi connectivity index (χ3n) is 7.33. The molecule has 39 heavy (non-hydrogen) atoms. The highest BCUT2D eigenvalue weighted by molar-refractivity contribution is 5.99. The molecule has 4 heterocycles. The number of carbonyl (C=O) groups excluding carboxylic acids is 1. The standard InChI is InChI=1S/C26H29F3N6O4/c27-26(28,29)17-14-31-23-19(17)22(30-13-15-3-1-2-4-15)33-25(34-23)32-18-6-5-16(20-21(18)39-12-11-38-20)24(36)35-7-9-37-10-8-35/h5-6,14-15H,1-4,7-13H2,(H3,30,31,32,33,34). The second-order valence-electron chi connectivity index (χ2n) is 9.90. The summed E-state index contributed by atoms with van der Waals surface area (Å²) in [5, 5.41) is 6.12. The fourth-order valence-corrected chi connectivity index (χ4v) is 5.36. The lowest BCUT2D eigenvalue weighted by molar-refractivity contribution is -0.136. The lowest BCUT2D eigenvalue weighted by atomic mass is 10.1. The number of nitrogens with one attached hydrogen (secondary N) is 3. The number of morpholine rings is 1. The van der Waals surface area contributed by atoms with E-state index in [1.807, 2.05) is 0 Å². The molecular formula is C26H29F3N6O4. The van der Waals surface area contributed by atoms with Gasteiger partial charge in [0.25, 0.3) is 5.91 Å². The molecule has 2 aliphatic heterocycles. The number of H-pyrrole nitrogens is 1. The molecule has 2 aromatic heterocycles. The quantitative estimate of drug-likeness (QED) is 0.412. The molecule has 0 radical (unpaired) electrons. The minimum absolute atomic E-state index is 0.0545. The Balaban J connectivity index is 1.34. The van der Waals surface area contributed by atoms with Crippen molar-refractivity contribution in [1.29, 1.82) is 0 Å². The highest BCUT2D eigenvalue weighted by atomic mass is 19.4. The zero-order valence-corrected chi connectivity index (χ0v) is 21.2. The van der Waals surface area contributed by atoms with Gasteiger partial charge >= 0.3 is 6.18 Å². The van der Waals surface area contributed by atoms with E-state index in [0.717, 1.165) is 31.9 Å². The Bertz CT molecular complexity index is 1370. The van der Waals surface area contributed by atoms with Crippen LogP contribution in [0.15, 0.2) is 18.3 Å². The molecule has 6 rings (SSSR count). The maximum Gasteiger partial charge on any atom is 0.418 e. The van der Waals surface area contributed by atoms with Gasteiger partial charge in [-0.1, -0.05) is 12.8 Å². The van der Waals surface area contributed by atoms with Crippen molar-refractivity contribution in [1.82, 2.24) is 19.9 Å². The van der Waals surface area contributed by atoms with Crippen molar-refractivity contribution in [2.45, 2.75) is 31.9 Å². The predicted molar refractivity (Wildman–Crippen MR) is 137 cm³/mol. The van der Waals surface area contributed by atoms with E-state index in [9.17, 15) is 18.0 Å². The van der Waals surface area contributed by atoms with E-state index in [1.54, 1.807) is 17.0 Å². The van der Waals surface area contributed by atoms with E-state index in [2.05, 4.69) is 25.6 Å². The number of hydrogen-bond acceptors (Lipinski definition) is 8. The summed E-state index contributed by atoms with van der Waals surface area (Å²) in [5.41, 5.74) is 0.0375. The molecule has 1 aromatic carbocycles. The van der Waals surface area contributed by atoms with Crippen LogP contribution in [0.2, 0.25) is 0 Å². The molecule has 1 amide bonds. The maximum atomic E-state index is 13.8. The first-order valence-corrected chi connectivity index (χ1v) is 13.2. The monoisotopic (exact) mass is 546 g/mol. The van der Waals surface area contributed by atoms with E-state index in [1.165, 1.54) is 0 Å². The van der Waals surface area contributed by atoms with Crippen LogP contribution >= 0.6 is 0 Å². The van der Waals surface area contributed by atoms with Crippen LogP contribution < -0.4 is 20.1 Å². The molecule has 0 spiro atoms. The van der Waals surface area contributed by atoms with E-state index < -0.39 is 11.7 Å². The van der Waals surface area contributed by atoms with Crippen LogP contribution in [0, 0.1) is 5.92 Å². The van der Waals surface area contributed by atoms with Crippen LogP contribution in [0.1, 0.15) is 41.6 Å². The van der Waals surface area contributed by atoms with Crippen molar-refractivity contribution in [3.05, 3.63) is 29.5 Å². The van der Waals surface area contributed by atoms with Gasteiger partial charge in [-0.2, -0.15) is 23.1 Å². The van der Waals surface area contributed by atoms with Gasteiger partial charge in [-0.15, -0.1) is 0 Å². The summed E-state index contributed by atoms with van der Waals surface area (Å²) in [5.74, 6) is 1.01. The molecule has 3 N–H and O–H groups in total. The van der Waals surface area contributed by atoms with E-state index in [4.69, 9.17) is 14.2 Å². The largest absolute Gasteiger partial charge is 0.485 e. The van der Waals surface area contributed by atoms with Gasteiger partial charge in [0.2, 0.25) is 5.95 Å². The number of alkyl halides is 3. The molecule has 0 atom stereocenters. The number of hydrogen-bond donors (Lipinski definition) is 3. The van der Waals surface area contributed by atoms with Gasteiger partial charge in [0, 0.05) is 25.8 Å². The van der Waals surface area contributed by atoms with Crippen LogP contribution in [0.4, 0.5) is 30.6 Å². The van der Waals surface area contributed by atoms with Crippen molar-refractivity contribution in [3.8, 4) is 11.5 Å². The lowest BCUT2D eigenvalue weighted by Crippen LogP contribution is -2.41. The number of halogens is 3. The van der Waals surface area contributed by atoms with Crippen LogP contribution in [0.3, 0.4) is 0 Å². The molecule has 0 unspecified atom stereocenters. The van der Waals surface area contributed by atoms with Gasteiger partial charge < -0.3 is 34.7 Å². The average molecular weight is 547 g/mol. The summed E-state index contributed by atoms with van der Waals surface area (Å²) in [6.07, 6.45) is 0.651. The lowest BCUT2D eigenvalue weighted by Gasteiger charge is -2.29. The maximum absolute atomic E-state index is 13.8. The number of amides is 1. The zero-order valence-electron chi connectivity index (χ0n) is 21.2. The predicted octanol–water partition coefficient (Wildman–Crippen LogP) is 4.57. The van der Waals surface area contributed by atoms with Crippen molar-refractivity contribution >= 4 is 34.4 Å². The number of rotatable bonds is 6. The number of benzene rings is 1. The van der Waals surface area contributed by atoms with Gasteiger partial charge in [0.1, 0.15) is 24.7 Å². The minimum atomic E-state index is -4.56. The first-order chi connectivity index (χ1) is 18.9. The fraction of sp³-hybridized carbons (Fsp3) is 0.500. The van der Waals surface area contributed by atoms with Crippen molar-refractivity contribution in [2.75, 3.05) is 56.7 Å². The zero-order chi connectivity index (χ0) is 27.0. The molecule has 1 saturated heterocycles. The molecule has 2 fully saturated rings. The topological polar surface area (TPSA) is 114 Å². The second-order valence-corrected chi connectivity index (χ2v) is 9.90. The third-order valence-corrected chi connectivity index (χ3v) is 7.33. The Morgan fingerprint density at radius 1 is 1.05 bits per heavy atom. The normalized spacial score (nSPS) is 18.0. The number of carbonyl (C=O) groups is 1. The highest BCUT2D eigenvalue weighted by Crippen LogP contribution is 2.43. The van der Waals surface area contributed by atoms with Gasteiger partial charge in [-0.05, 0) is 30.9 Å². The molecule has 1 saturated carbocycles. The van der Waals surface area contributed by atoms with E-state index in [0.29, 0.717) is 61.5 Å². The number of aromatic amines is 1. The summed E-state index contributed by atoms with van der Waals surface area (Å²) in [6.45, 7) is 2.98. The molecule has 10 nitrogen and oxygen atoms in total. The van der Waals surface area contributed by atoms with Crippen molar-refractivity contribution in [3.63, 3.8) is 0 Å². The summed E-state index contributed by atoms with van der Waals surface area (Å²) in [4.78, 5) is 26.3. The number of fused-ring (bicyclic) bond motifs is 2. The molecule has 208 valence electrons. The Hall–Kier alpha value is -3.74. The SMILES string of the molecule is O=C(c1ccc(Nc2nc(NCC3CCCC3)c3c(C(F)(F)F)c[nH]c3n2)c2c1OCCO2)N1CCOCC1. The van der Waals surface area contributed by atoms with E-state index in [-0.39, 0.29) is 41.9 Å². The molecular weight excluding hydrogens is 517 g/mol. The number of anilines is 3. The number of nitrogens with zero attached hydrogens (tertiary/aromatic N) is 3. The van der Waals surface area contributed by atoms with Gasteiger partial charge in [-0.3, -0.25) is 4.79 Å². The van der Waals surface area contributed by atoms with E-state index >= 15 is 0 Å². The smallest absolute Gasteiger partial charge is 0.418 e. The number of ether oxygens (including phenoxy) is 3. The molecule has 3 aliphatic rings. The Kier molecular flexibility index (Phi) is 6.83. The van der Waals surface area contributed by atoms with Crippen LogP contribution in [0.25, 0.3) is 11.0 Å². The van der Waals surface area contributed by atoms with Gasteiger partial charge in [0.15, 0.2) is 11.5 Å². The Labute approximate surface area is 222 Å². The fourth-order valence-electron chi connectivity index (χ4n) is 5.36. The van der Waals surface area contributed by atoms with Crippen LogP contribution in [-0.2, 0) is 10.9 Å². The third kappa shape index (κ3) is 5.14. The summed E-state index contributed by atoms with van der Waals surface area (Å²) in [6, 6.07) is 3.30. The molecule has 0 bridgehead atoms. The Morgan fingerprint density at radius 3 is 2.54 bits per heavy atom. The highest BCUT2D eigenvalue weighted by Gasteiger charge is 2.36. The summed E-state index contributed by atoms with van der Waals surface area (Å²) >= 11 is 0. The van der Waals surface area contributed by atoms with Gasteiger partial charge in [0.05, 0.1) is 35.4 Å². The summed E-state index contributed by atoms with van der Waals surface area (Å²) < 4.78 is 58.3. The van der Waals surface area contributed by atoms with Crippen LogP contribution in [-0.4, -0.2) is 71.8 Å². The molecule has 13 heteroatoms. The van der Waals surface area contributed by atoms with Gasteiger partial charge in [-0.25, -0.2) is 0 Å². The first-order valence-electron chi connectivity index (χ1n) is 13.2. The minimum Gasteiger partial charge on any atom is -0.485 e. The Morgan fingerprint density at radius 2 is 1.79 bits per heavy atom. The molecule has 1 aliphatic carbocycles. The number of aromatic nitrogens is 3. The second kappa shape index (κ2) is 10.4. The molecule has 3 aromatic rings. The first kappa shape index (κ1) is 25.5.